The molecule has 0 aliphatic carbocycles. The van der Waals surface area contributed by atoms with Gasteiger partial charge >= 0.3 is 5.97 Å². The number of likely N-dealkylation sites (tertiary alicyclic amines) is 1. The molecule has 1 saturated heterocycles. The zero-order valence-corrected chi connectivity index (χ0v) is 15.9. The van der Waals surface area contributed by atoms with E-state index in [4.69, 9.17) is 4.74 Å². The van der Waals surface area contributed by atoms with Crippen molar-refractivity contribution in [2.75, 3.05) is 13.2 Å². The van der Waals surface area contributed by atoms with E-state index < -0.39 is 6.10 Å². The summed E-state index contributed by atoms with van der Waals surface area (Å²) in [5.41, 5.74) is 0. The van der Waals surface area contributed by atoms with Gasteiger partial charge in [-0.05, 0) is 26.2 Å². The molecule has 0 aromatic carbocycles. The number of hydrogen-bond donors (Lipinski definition) is 1. The van der Waals surface area contributed by atoms with Crippen LogP contribution in [-0.2, 0) is 14.3 Å². The van der Waals surface area contributed by atoms with Crippen LogP contribution >= 0.6 is 0 Å². The first-order chi connectivity index (χ1) is 12.1. The summed E-state index contributed by atoms with van der Waals surface area (Å²) in [6, 6.07) is 0.146. The monoisotopic (exact) mass is 353 g/mol. The topological polar surface area (TPSA) is 66.8 Å². The second-order valence-corrected chi connectivity index (χ2v) is 6.78. The predicted molar refractivity (Wildman–Crippen MR) is 99.1 cm³/mol. The highest BCUT2D eigenvalue weighted by atomic mass is 16.5. The Morgan fingerprint density at radius 3 is 2.68 bits per heavy atom. The van der Waals surface area contributed by atoms with Crippen molar-refractivity contribution in [3.63, 3.8) is 0 Å². The minimum Gasteiger partial charge on any atom is -0.466 e. The molecule has 1 aliphatic rings. The molecule has 2 atom stereocenters. The summed E-state index contributed by atoms with van der Waals surface area (Å²) < 4.78 is 4.90. The van der Waals surface area contributed by atoms with E-state index >= 15 is 0 Å². The van der Waals surface area contributed by atoms with E-state index in [2.05, 4.69) is 6.92 Å². The number of carbonyl (C=O) groups is 2. The molecular formula is C20H35NO4. The first kappa shape index (κ1) is 21.7. The third kappa shape index (κ3) is 9.05. The largest absolute Gasteiger partial charge is 0.466 e. The second kappa shape index (κ2) is 12.9. The number of β-lactam (4-membered cyclic amide) rings is 1. The number of aliphatic hydroxyl groups is 1. The molecule has 1 heterocycles. The Hall–Kier alpha value is -1.36. The first-order valence-electron chi connectivity index (χ1n) is 9.90. The minimum absolute atomic E-state index is 0.122. The van der Waals surface area contributed by atoms with Gasteiger partial charge in [-0.25, -0.2) is 0 Å². The molecule has 0 bridgehead atoms. The molecule has 1 unspecified atom stereocenters. The molecule has 1 N–H and O–H groups in total. The fraction of sp³-hybridized carbons (Fsp3) is 0.800. The Morgan fingerprint density at radius 1 is 1.24 bits per heavy atom. The lowest BCUT2D eigenvalue weighted by Gasteiger charge is -2.39. The molecule has 1 aliphatic heterocycles. The van der Waals surface area contributed by atoms with Crippen LogP contribution in [0.3, 0.4) is 0 Å². The van der Waals surface area contributed by atoms with E-state index in [1.165, 1.54) is 0 Å². The number of unbranched alkanes of at least 4 members (excludes halogenated alkanes) is 5. The average Bonchev–Trinajstić information content (AvgIpc) is 2.58. The Labute approximate surface area is 152 Å². The maximum absolute atomic E-state index is 11.7. The van der Waals surface area contributed by atoms with Gasteiger partial charge in [0.25, 0.3) is 0 Å². The Balaban J connectivity index is 2.13. The van der Waals surface area contributed by atoms with E-state index in [0.29, 0.717) is 19.4 Å². The van der Waals surface area contributed by atoms with Gasteiger partial charge in [-0.15, -0.1) is 0 Å². The summed E-state index contributed by atoms with van der Waals surface area (Å²) >= 11 is 0. The van der Waals surface area contributed by atoms with Crippen molar-refractivity contribution in [2.24, 2.45) is 0 Å². The van der Waals surface area contributed by atoms with Gasteiger partial charge in [-0.3, -0.25) is 9.59 Å². The van der Waals surface area contributed by atoms with Crippen LogP contribution in [0.25, 0.3) is 0 Å². The summed E-state index contributed by atoms with van der Waals surface area (Å²) in [5, 5.41) is 9.92. The Morgan fingerprint density at radius 2 is 2.00 bits per heavy atom. The minimum atomic E-state index is -0.396. The highest BCUT2D eigenvalue weighted by Gasteiger charge is 2.33. The number of esters is 1. The Bertz CT molecular complexity index is 422. The van der Waals surface area contributed by atoms with Crippen molar-refractivity contribution in [3.05, 3.63) is 12.2 Å². The second-order valence-electron chi connectivity index (χ2n) is 6.78. The van der Waals surface area contributed by atoms with Crippen LogP contribution in [0.15, 0.2) is 12.2 Å². The van der Waals surface area contributed by atoms with Crippen LogP contribution < -0.4 is 0 Å². The summed E-state index contributed by atoms with van der Waals surface area (Å²) in [5.74, 6) is 0.0739. The molecule has 1 amide bonds. The van der Waals surface area contributed by atoms with Crippen molar-refractivity contribution in [1.82, 2.24) is 4.90 Å². The third-order valence-corrected chi connectivity index (χ3v) is 4.60. The smallest absolute Gasteiger partial charge is 0.305 e. The molecule has 0 spiro atoms. The van der Waals surface area contributed by atoms with Crippen LogP contribution in [0.4, 0.5) is 0 Å². The van der Waals surface area contributed by atoms with E-state index in [-0.39, 0.29) is 17.9 Å². The summed E-state index contributed by atoms with van der Waals surface area (Å²) in [6.07, 6.45) is 12.4. The molecule has 0 aromatic rings. The molecule has 0 radical (unpaired) electrons. The number of amides is 1. The zero-order chi connectivity index (χ0) is 18.5. The maximum Gasteiger partial charge on any atom is 0.305 e. The zero-order valence-electron chi connectivity index (χ0n) is 15.9. The molecule has 25 heavy (non-hydrogen) atoms. The molecule has 1 rings (SSSR count). The molecule has 5 heteroatoms. The Kier molecular flexibility index (Phi) is 11.2. The summed E-state index contributed by atoms with van der Waals surface area (Å²) in [6.45, 7) is 5.17. The van der Waals surface area contributed by atoms with Gasteiger partial charge in [0.1, 0.15) is 0 Å². The van der Waals surface area contributed by atoms with E-state index in [1.807, 2.05) is 24.0 Å². The molecule has 5 nitrogen and oxygen atoms in total. The number of ether oxygens (including phenoxy) is 1. The first-order valence-corrected chi connectivity index (χ1v) is 9.90. The van der Waals surface area contributed by atoms with Gasteiger partial charge in [0.15, 0.2) is 0 Å². The van der Waals surface area contributed by atoms with E-state index in [1.54, 1.807) is 0 Å². The van der Waals surface area contributed by atoms with Crippen LogP contribution in [0.1, 0.15) is 78.1 Å². The predicted octanol–water partition coefficient (Wildman–Crippen LogP) is 3.60. The standard InChI is InChI=1S/C20H35NO4/c1-3-5-8-11-18(22)14-13-17-16-19(23)21(17)15-10-7-6-9-12-20(24)25-4-2/h13-14,17-18,22H,3-12,15-16H2,1-2H3/b14-13+/t17?,18-/m0/s1. The van der Waals surface area contributed by atoms with Crippen molar-refractivity contribution in [1.29, 1.82) is 0 Å². The molecule has 144 valence electrons. The van der Waals surface area contributed by atoms with Crippen LogP contribution in [0.2, 0.25) is 0 Å². The van der Waals surface area contributed by atoms with Gasteiger partial charge in [0.05, 0.1) is 25.2 Å². The number of carbonyl (C=O) groups excluding carboxylic acids is 2. The highest BCUT2D eigenvalue weighted by molar-refractivity contribution is 5.83. The van der Waals surface area contributed by atoms with Gasteiger partial charge in [-0.2, -0.15) is 0 Å². The van der Waals surface area contributed by atoms with Crippen LogP contribution in [-0.4, -0.2) is 47.2 Å². The summed E-state index contributed by atoms with van der Waals surface area (Å²) in [4.78, 5) is 24.9. The SMILES string of the molecule is CCCCC[C@H](O)/C=C/C1CC(=O)N1CCCCCCC(=O)OCC. The summed E-state index contributed by atoms with van der Waals surface area (Å²) in [7, 11) is 0. The average molecular weight is 354 g/mol. The highest BCUT2D eigenvalue weighted by Crippen LogP contribution is 2.22. The van der Waals surface area contributed by atoms with Crippen molar-refractivity contribution in [2.45, 2.75) is 90.2 Å². The van der Waals surface area contributed by atoms with Crippen molar-refractivity contribution < 1.29 is 19.4 Å². The lowest BCUT2D eigenvalue weighted by molar-refractivity contribution is -0.144. The lowest BCUT2D eigenvalue weighted by atomic mass is 9.99. The number of hydrogen-bond acceptors (Lipinski definition) is 4. The number of rotatable bonds is 14. The quantitative estimate of drug-likeness (QED) is 0.224. The third-order valence-electron chi connectivity index (χ3n) is 4.60. The van der Waals surface area contributed by atoms with Crippen LogP contribution in [0, 0.1) is 0 Å². The fourth-order valence-corrected chi connectivity index (χ4v) is 3.04. The van der Waals surface area contributed by atoms with E-state index in [0.717, 1.165) is 57.9 Å². The van der Waals surface area contributed by atoms with Crippen molar-refractivity contribution in [3.8, 4) is 0 Å². The van der Waals surface area contributed by atoms with Gasteiger partial charge in [-0.1, -0.05) is 51.2 Å². The van der Waals surface area contributed by atoms with E-state index in [9.17, 15) is 14.7 Å². The normalized spacial score (nSPS) is 18.4. The molecule has 1 fully saturated rings. The molecule has 0 saturated carbocycles. The van der Waals surface area contributed by atoms with Gasteiger partial charge < -0.3 is 14.7 Å². The lowest BCUT2D eigenvalue weighted by Crippen LogP contribution is -2.51. The molecular weight excluding hydrogens is 318 g/mol. The number of aliphatic hydroxyl groups excluding tert-OH is 1. The number of nitrogens with zero attached hydrogens (tertiary/aromatic N) is 1. The van der Waals surface area contributed by atoms with Gasteiger partial charge in [0.2, 0.25) is 5.91 Å². The maximum atomic E-state index is 11.7. The van der Waals surface area contributed by atoms with Crippen molar-refractivity contribution >= 4 is 11.9 Å². The fourth-order valence-electron chi connectivity index (χ4n) is 3.04. The molecule has 0 aromatic heterocycles. The van der Waals surface area contributed by atoms with Gasteiger partial charge in [0, 0.05) is 13.0 Å². The van der Waals surface area contributed by atoms with Crippen LogP contribution in [0.5, 0.6) is 0 Å².